The highest BCUT2D eigenvalue weighted by Crippen LogP contribution is 2.07. The summed E-state index contributed by atoms with van der Waals surface area (Å²) in [6.07, 6.45) is 4.77. The molecule has 7 nitrogen and oxygen atoms in total. The average molecular weight is 514 g/mol. The molecule has 0 aliphatic carbocycles. The number of guanidine groups is 1. The quantitative estimate of drug-likeness (QED) is 0.150. The summed E-state index contributed by atoms with van der Waals surface area (Å²) in [4.78, 5) is 16.6. The van der Waals surface area contributed by atoms with Crippen molar-refractivity contribution in [2.75, 3.05) is 32.8 Å². The molecule has 0 fully saturated rings. The zero-order valence-corrected chi connectivity index (χ0v) is 21.1. The van der Waals surface area contributed by atoms with Crippen molar-refractivity contribution in [3.8, 4) is 0 Å². The van der Waals surface area contributed by atoms with E-state index >= 15 is 0 Å². The summed E-state index contributed by atoms with van der Waals surface area (Å²) >= 11 is 0. The molecule has 0 rings (SSSR count). The average Bonchev–Trinajstić information content (AvgIpc) is 2.58. The van der Waals surface area contributed by atoms with Gasteiger partial charge >= 0.3 is 6.09 Å². The highest BCUT2D eigenvalue weighted by atomic mass is 127. The zero-order chi connectivity index (χ0) is 20.5. The van der Waals surface area contributed by atoms with Crippen molar-refractivity contribution in [1.82, 2.24) is 16.0 Å². The maximum absolute atomic E-state index is 11.9. The Labute approximate surface area is 189 Å². The number of hydrogen-bond donors (Lipinski definition) is 3. The Morgan fingerprint density at radius 3 is 2.36 bits per heavy atom. The summed E-state index contributed by atoms with van der Waals surface area (Å²) in [7, 11) is 0. The molecule has 0 spiro atoms. The van der Waals surface area contributed by atoms with Crippen LogP contribution in [0, 0.1) is 0 Å². The van der Waals surface area contributed by atoms with E-state index in [-0.39, 0.29) is 36.1 Å². The van der Waals surface area contributed by atoms with Crippen LogP contribution in [0.5, 0.6) is 0 Å². The van der Waals surface area contributed by atoms with Crippen molar-refractivity contribution in [2.24, 2.45) is 4.99 Å². The van der Waals surface area contributed by atoms with Crippen LogP contribution < -0.4 is 16.0 Å². The van der Waals surface area contributed by atoms with Gasteiger partial charge in [0.2, 0.25) is 0 Å². The maximum Gasteiger partial charge on any atom is 0.407 e. The first-order chi connectivity index (χ1) is 12.8. The van der Waals surface area contributed by atoms with Crippen LogP contribution in [0.15, 0.2) is 4.99 Å². The van der Waals surface area contributed by atoms with Gasteiger partial charge in [-0.25, -0.2) is 4.79 Å². The lowest BCUT2D eigenvalue weighted by Crippen LogP contribution is -2.49. The third-order valence-corrected chi connectivity index (χ3v) is 3.65. The first kappa shape index (κ1) is 29.4. The molecule has 1 atom stereocenters. The minimum Gasteiger partial charge on any atom is -0.444 e. The lowest BCUT2D eigenvalue weighted by Gasteiger charge is -2.24. The van der Waals surface area contributed by atoms with Gasteiger partial charge in [-0.2, -0.15) is 0 Å². The number of nitrogens with one attached hydrogen (secondary N) is 3. The largest absolute Gasteiger partial charge is 0.444 e. The van der Waals surface area contributed by atoms with Gasteiger partial charge in [0.1, 0.15) is 5.60 Å². The molecule has 3 N–H and O–H groups in total. The number of carbonyl (C=O) groups excluding carboxylic acids is 1. The molecule has 0 bridgehead atoms. The molecular formula is C20H43IN4O3. The van der Waals surface area contributed by atoms with Gasteiger partial charge in [0.25, 0.3) is 0 Å². The van der Waals surface area contributed by atoms with E-state index in [1.165, 1.54) is 0 Å². The first-order valence-corrected chi connectivity index (χ1v) is 10.4. The molecule has 1 amide bonds. The maximum atomic E-state index is 11.9. The van der Waals surface area contributed by atoms with E-state index in [9.17, 15) is 4.79 Å². The Morgan fingerprint density at radius 2 is 1.79 bits per heavy atom. The second-order valence-corrected chi connectivity index (χ2v) is 7.53. The molecule has 0 saturated heterocycles. The molecule has 168 valence electrons. The van der Waals surface area contributed by atoms with Crippen LogP contribution >= 0.6 is 24.0 Å². The monoisotopic (exact) mass is 514 g/mol. The number of carbonyl (C=O) groups is 1. The van der Waals surface area contributed by atoms with E-state index in [4.69, 9.17) is 9.47 Å². The fourth-order valence-corrected chi connectivity index (χ4v) is 2.36. The Kier molecular flexibility index (Phi) is 19.2. The minimum atomic E-state index is -0.492. The number of amides is 1. The number of unbranched alkanes of at least 4 members (excludes halogenated alkanes) is 2. The molecule has 0 radical (unpaired) electrons. The van der Waals surface area contributed by atoms with Gasteiger partial charge < -0.3 is 25.4 Å². The normalized spacial score (nSPS) is 12.7. The molecule has 0 aromatic carbocycles. The smallest absolute Gasteiger partial charge is 0.407 e. The molecule has 0 aromatic heterocycles. The summed E-state index contributed by atoms with van der Waals surface area (Å²) < 4.78 is 10.7. The molecule has 0 heterocycles. The third kappa shape index (κ3) is 18.6. The van der Waals surface area contributed by atoms with Gasteiger partial charge in [-0.05, 0) is 53.9 Å². The van der Waals surface area contributed by atoms with Gasteiger partial charge in [0.05, 0.1) is 0 Å². The molecule has 0 aromatic rings. The van der Waals surface area contributed by atoms with Crippen molar-refractivity contribution in [3.63, 3.8) is 0 Å². The highest BCUT2D eigenvalue weighted by Gasteiger charge is 2.18. The number of alkyl carbamates (subject to hydrolysis) is 1. The van der Waals surface area contributed by atoms with Crippen LogP contribution in [0.25, 0.3) is 0 Å². The van der Waals surface area contributed by atoms with Crippen LogP contribution in [-0.4, -0.2) is 56.5 Å². The van der Waals surface area contributed by atoms with E-state index in [1.54, 1.807) is 0 Å². The van der Waals surface area contributed by atoms with Crippen LogP contribution in [0.3, 0.4) is 0 Å². The molecule has 8 heteroatoms. The summed E-state index contributed by atoms with van der Waals surface area (Å²) in [6.45, 7) is 15.4. The molecule has 0 aliphatic rings. The predicted molar refractivity (Wildman–Crippen MR) is 128 cm³/mol. The number of hydrogen-bond acceptors (Lipinski definition) is 4. The predicted octanol–water partition coefficient (Wildman–Crippen LogP) is 4.06. The Balaban J connectivity index is 0. The van der Waals surface area contributed by atoms with Crippen molar-refractivity contribution in [3.05, 3.63) is 0 Å². The number of aliphatic imine (C=N–C) groups is 1. The van der Waals surface area contributed by atoms with Crippen molar-refractivity contribution in [2.45, 2.75) is 85.3 Å². The molecular weight excluding hydrogens is 471 g/mol. The van der Waals surface area contributed by atoms with Gasteiger partial charge in [0.15, 0.2) is 5.96 Å². The molecule has 1 unspecified atom stereocenters. The van der Waals surface area contributed by atoms with Crippen molar-refractivity contribution < 1.29 is 14.3 Å². The number of halogens is 1. The summed E-state index contributed by atoms with van der Waals surface area (Å²) in [5, 5.41) is 9.59. The van der Waals surface area contributed by atoms with Crippen LogP contribution in [0.2, 0.25) is 0 Å². The second-order valence-electron chi connectivity index (χ2n) is 7.53. The SMILES string of the molecule is CCCCC(CNC(=O)OC(C)(C)C)NC(=NCCCCOCC)NCC.I. The van der Waals surface area contributed by atoms with E-state index in [0.29, 0.717) is 6.54 Å². The molecule has 0 saturated carbocycles. The molecule has 0 aliphatic heterocycles. The third-order valence-electron chi connectivity index (χ3n) is 3.65. The van der Waals surface area contributed by atoms with Crippen LogP contribution in [0.4, 0.5) is 4.79 Å². The second kappa shape index (κ2) is 18.3. The van der Waals surface area contributed by atoms with Gasteiger partial charge in [-0.3, -0.25) is 4.99 Å². The number of nitrogens with zero attached hydrogens (tertiary/aromatic N) is 1. The van der Waals surface area contributed by atoms with E-state index < -0.39 is 5.60 Å². The summed E-state index contributed by atoms with van der Waals surface area (Å²) in [5.41, 5.74) is -0.492. The van der Waals surface area contributed by atoms with Gasteiger partial charge in [-0.15, -0.1) is 24.0 Å². The fraction of sp³-hybridized carbons (Fsp3) is 0.900. The standard InChI is InChI=1S/C20H42N4O3.HI/c1-7-10-13-17(16-23-19(25)27-20(4,5)6)24-18(21-8-2)22-14-11-12-15-26-9-3;/h17H,7-16H2,1-6H3,(H,23,25)(H2,21,22,24);1H. The highest BCUT2D eigenvalue weighted by molar-refractivity contribution is 14.0. The van der Waals surface area contributed by atoms with Crippen molar-refractivity contribution >= 4 is 36.0 Å². The van der Waals surface area contributed by atoms with E-state index in [2.05, 4.69) is 27.9 Å². The van der Waals surface area contributed by atoms with E-state index in [1.807, 2.05) is 34.6 Å². The fourth-order valence-electron chi connectivity index (χ4n) is 2.36. The van der Waals surface area contributed by atoms with Crippen LogP contribution in [-0.2, 0) is 9.47 Å². The lowest BCUT2D eigenvalue weighted by atomic mass is 10.1. The first-order valence-electron chi connectivity index (χ1n) is 10.4. The minimum absolute atomic E-state index is 0. The summed E-state index contributed by atoms with van der Waals surface area (Å²) in [5.74, 6) is 0.793. The Hall–Kier alpha value is -0.770. The summed E-state index contributed by atoms with van der Waals surface area (Å²) in [6, 6.07) is 0.110. The van der Waals surface area contributed by atoms with E-state index in [0.717, 1.165) is 64.4 Å². The van der Waals surface area contributed by atoms with Crippen LogP contribution in [0.1, 0.15) is 73.6 Å². The lowest BCUT2D eigenvalue weighted by molar-refractivity contribution is 0.0522. The zero-order valence-electron chi connectivity index (χ0n) is 18.7. The number of ether oxygens (including phenoxy) is 2. The van der Waals surface area contributed by atoms with Gasteiger partial charge in [-0.1, -0.05) is 19.8 Å². The topological polar surface area (TPSA) is 84.0 Å². The van der Waals surface area contributed by atoms with Crippen molar-refractivity contribution in [1.29, 1.82) is 0 Å². The van der Waals surface area contributed by atoms with Gasteiger partial charge in [0, 0.05) is 38.9 Å². The Morgan fingerprint density at radius 1 is 1.07 bits per heavy atom. The molecule has 28 heavy (non-hydrogen) atoms. The number of rotatable bonds is 13. The Bertz CT molecular complexity index is 415.